The molecule has 2 nitrogen and oxygen atoms in total. The summed E-state index contributed by atoms with van der Waals surface area (Å²) in [6.45, 7) is 4.70. The van der Waals surface area contributed by atoms with Crippen molar-refractivity contribution < 1.29 is 27.0 Å². The summed E-state index contributed by atoms with van der Waals surface area (Å²) in [5, 5.41) is 0. The Morgan fingerprint density at radius 1 is 0.763 bits per heavy atom. The second kappa shape index (κ2) is 13.0. The molecule has 0 unspecified atom stereocenters. The lowest BCUT2D eigenvalue weighted by molar-refractivity contribution is 0.309. The lowest BCUT2D eigenvalue weighted by atomic mass is 9.78. The SMILES string of the molecule is CCCCOc1ccc(-c2ccc(/C=C/C3CCC(c4ccc(OCC)c(F)c4F)CC3)c(F)c2F)cc1. The van der Waals surface area contributed by atoms with Crippen LogP contribution in [-0.2, 0) is 0 Å². The maximum absolute atomic E-state index is 14.9. The average Bonchev–Trinajstić information content (AvgIpc) is 2.93. The van der Waals surface area contributed by atoms with Crippen molar-refractivity contribution in [1.29, 1.82) is 0 Å². The smallest absolute Gasteiger partial charge is 0.200 e. The minimum absolute atomic E-state index is 0.0703. The summed E-state index contributed by atoms with van der Waals surface area (Å²) in [6.07, 6.45) is 8.39. The van der Waals surface area contributed by atoms with Gasteiger partial charge in [0.1, 0.15) is 5.75 Å². The van der Waals surface area contributed by atoms with E-state index in [9.17, 15) is 17.6 Å². The number of rotatable bonds is 10. The Kier molecular flexibility index (Phi) is 9.48. The highest BCUT2D eigenvalue weighted by molar-refractivity contribution is 5.67. The van der Waals surface area contributed by atoms with Crippen molar-refractivity contribution in [3.8, 4) is 22.6 Å². The lowest BCUT2D eigenvalue weighted by Crippen LogP contribution is -2.14. The topological polar surface area (TPSA) is 18.5 Å². The van der Waals surface area contributed by atoms with E-state index in [4.69, 9.17) is 9.47 Å². The van der Waals surface area contributed by atoms with E-state index in [0.717, 1.165) is 25.7 Å². The molecule has 202 valence electrons. The average molecular weight is 527 g/mol. The van der Waals surface area contributed by atoms with Crippen LogP contribution < -0.4 is 9.47 Å². The van der Waals surface area contributed by atoms with Gasteiger partial charge in [-0.1, -0.05) is 55.8 Å². The van der Waals surface area contributed by atoms with Gasteiger partial charge in [-0.25, -0.2) is 13.2 Å². The van der Waals surface area contributed by atoms with Gasteiger partial charge in [-0.3, -0.25) is 0 Å². The zero-order valence-corrected chi connectivity index (χ0v) is 21.9. The van der Waals surface area contributed by atoms with Gasteiger partial charge in [0, 0.05) is 11.1 Å². The molecule has 3 aromatic rings. The van der Waals surface area contributed by atoms with E-state index in [1.54, 1.807) is 55.5 Å². The standard InChI is InChI=1S/C32H34F4O2/c1-3-5-20-38-25-15-12-23(13-16-25)26-17-14-24(29(33)30(26)34)11-8-21-6-9-22(10-7-21)27-18-19-28(37-4-2)32(36)31(27)35/h8,11-19,21-22H,3-7,9-10,20H2,1-2H3/b11-8+. The first-order chi connectivity index (χ1) is 18.4. The zero-order valence-electron chi connectivity index (χ0n) is 21.9. The van der Waals surface area contributed by atoms with Gasteiger partial charge in [0.2, 0.25) is 5.82 Å². The third-order valence-corrected chi connectivity index (χ3v) is 7.18. The largest absolute Gasteiger partial charge is 0.494 e. The van der Waals surface area contributed by atoms with Crippen LogP contribution in [0.25, 0.3) is 17.2 Å². The van der Waals surface area contributed by atoms with Crippen LogP contribution in [0.3, 0.4) is 0 Å². The highest BCUT2D eigenvalue weighted by Crippen LogP contribution is 2.39. The fourth-order valence-electron chi connectivity index (χ4n) is 4.97. The molecule has 6 heteroatoms. The molecule has 0 spiro atoms. The van der Waals surface area contributed by atoms with Gasteiger partial charge >= 0.3 is 0 Å². The van der Waals surface area contributed by atoms with Crippen LogP contribution >= 0.6 is 0 Å². The molecule has 0 bridgehead atoms. The predicted molar refractivity (Wildman–Crippen MR) is 143 cm³/mol. The van der Waals surface area contributed by atoms with Crippen LogP contribution in [0.2, 0.25) is 0 Å². The molecule has 1 saturated carbocycles. The number of hydrogen-bond donors (Lipinski definition) is 0. The van der Waals surface area contributed by atoms with Crippen molar-refractivity contribution in [3.63, 3.8) is 0 Å². The summed E-state index contributed by atoms with van der Waals surface area (Å²) < 4.78 is 69.5. The Balaban J connectivity index is 1.38. The fraction of sp³-hybridized carbons (Fsp3) is 0.375. The summed E-state index contributed by atoms with van der Waals surface area (Å²) in [6, 6.07) is 13.3. The maximum atomic E-state index is 14.9. The van der Waals surface area contributed by atoms with Crippen LogP contribution in [0.1, 0.15) is 69.4 Å². The highest BCUT2D eigenvalue weighted by atomic mass is 19.2. The molecule has 3 aromatic carbocycles. The second-order valence-electron chi connectivity index (χ2n) is 9.74. The number of unbranched alkanes of at least 4 members (excludes halogenated alkanes) is 1. The molecule has 0 aromatic heterocycles. The van der Waals surface area contributed by atoms with Crippen LogP contribution in [0, 0.1) is 29.2 Å². The molecular weight excluding hydrogens is 492 g/mol. The van der Waals surface area contributed by atoms with Crippen molar-refractivity contribution in [3.05, 3.63) is 89.0 Å². The number of hydrogen-bond acceptors (Lipinski definition) is 2. The predicted octanol–water partition coefficient (Wildman–Crippen LogP) is 9.47. The first-order valence-corrected chi connectivity index (χ1v) is 13.4. The monoisotopic (exact) mass is 526 g/mol. The highest BCUT2D eigenvalue weighted by Gasteiger charge is 2.26. The first kappa shape index (κ1) is 27.7. The van der Waals surface area contributed by atoms with E-state index < -0.39 is 23.3 Å². The van der Waals surface area contributed by atoms with Gasteiger partial charge in [-0.15, -0.1) is 0 Å². The molecular formula is C32H34F4O2. The Morgan fingerprint density at radius 3 is 2.18 bits per heavy atom. The molecule has 1 aliphatic carbocycles. The Bertz CT molecular complexity index is 1250. The summed E-state index contributed by atoms with van der Waals surface area (Å²) in [7, 11) is 0. The first-order valence-electron chi connectivity index (χ1n) is 13.4. The van der Waals surface area contributed by atoms with Crippen molar-refractivity contribution in [2.45, 2.75) is 58.3 Å². The molecule has 0 radical (unpaired) electrons. The molecule has 0 aliphatic heterocycles. The Labute approximate surface area is 222 Å². The number of benzene rings is 3. The number of allylic oxidation sites excluding steroid dienone is 1. The third-order valence-electron chi connectivity index (χ3n) is 7.18. The van der Waals surface area contributed by atoms with Crippen molar-refractivity contribution >= 4 is 6.08 Å². The molecule has 1 fully saturated rings. The summed E-state index contributed by atoms with van der Waals surface area (Å²) in [5.41, 5.74) is 1.34. The second-order valence-corrected chi connectivity index (χ2v) is 9.74. The van der Waals surface area contributed by atoms with E-state index in [0.29, 0.717) is 36.3 Å². The molecule has 0 heterocycles. The van der Waals surface area contributed by atoms with Gasteiger partial charge in [0.15, 0.2) is 23.2 Å². The summed E-state index contributed by atoms with van der Waals surface area (Å²) in [5.74, 6) is -2.85. The summed E-state index contributed by atoms with van der Waals surface area (Å²) >= 11 is 0. The van der Waals surface area contributed by atoms with Crippen molar-refractivity contribution in [1.82, 2.24) is 0 Å². The van der Waals surface area contributed by atoms with Crippen LogP contribution in [0.15, 0.2) is 54.6 Å². The molecule has 0 atom stereocenters. The molecule has 0 amide bonds. The number of halogens is 4. The third kappa shape index (κ3) is 6.40. The van der Waals surface area contributed by atoms with Crippen LogP contribution in [0.4, 0.5) is 17.6 Å². The van der Waals surface area contributed by atoms with Gasteiger partial charge in [-0.05, 0) is 80.2 Å². The van der Waals surface area contributed by atoms with E-state index in [1.807, 2.05) is 6.08 Å². The van der Waals surface area contributed by atoms with Crippen LogP contribution in [0.5, 0.6) is 11.5 Å². The summed E-state index contributed by atoms with van der Waals surface area (Å²) in [4.78, 5) is 0. The molecule has 38 heavy (non-hydrogen) atoms. The fourth-order valence-corrected chi connectivity index (χ4v) is 4.97. The van der Waals surface area contributed by atoms with E-state index in [2.05, 4.69) is 6.92 Å². The van der Waals surface area contributed by atoms with Gasteiger partial charge in [0.05, 0.1) is 13.2 Å². The van der Waals surface area contributed by atoms with Crippen LogP contribution in [-0.4, -0.2) is 13.2 Å². The lowest BCUT2D eigenvalue weighted by Gasteiger charge is -2.27. The molecule has 0 N–H and O–H groups in total. The minimum Gasteiger partial charge on any atom is -0.494 e. The van der Waals surface area contributed by atoms with Gasteiger partial charge < -0.3 is 9.47 Å². The number of ether oxygens (including phenoxy) is 2. The Morgan fingerprint density at radius 2 is 1.50 bits per heavy atom. The Hall–Kier alpha value is -3.28. The van der Waals surface area contributed by atoms with Crippen molar-refractivity contribution in [2.24, 2.45) is 5.92 Å². The van der Waals surface area contributed by atoms with E-state index >= 15 is 0 Å². The van der Waals surface area contributed by atoms with Crippen molar-refractivity contribution in [2.75, 3.05) is 13.2 Å². The molecule has 0 saturated heterocycles. The normalized spacial score (nSPS) is 17.6. The van der Waals surface area contributed by atoms with E-state index in [-0.39, 0.29) is 35.3 Å². The van der Waals surface area contributed by atoms with Gasteiger partial charge in [-0.2, -0.15) is 4.39 Å². The molecule has 1 aliphatic rings. The molecule has 4 rings (SSSR count). The van der Waals surface area contributed by atoms with E-state index in [1.165, 1.54) is 6.07 Å². The zero-order chi connectivity index (χ0) is 27.1. The minimum atomic E-state index is -0.941. The maximum Gasteiger partial charge on any atom is 0.200 e. The van der Waals surface area contributed by atoms with Gasteiger partial charge in [0.25, 0.3) is 0 Å². The quantitative estimate of drug-likeness (QED) is 0.193.